The maximum Gasteiger partial charge on any atom is 0.277 e. The molecule has 0 saturated heterocycles. The Bertz CT molecular complexity index is 963. The monoisotopic (exact) mass is 374 g/mol. The minimum absolute atomic E-state index is 0.0182. The van der Waals surface area contributed by atoms with Crippen molar-refractivity contribution < 1.29 is 18.5 Å². The molecular formula is C16H11FN4O4S. The lowest BCUT2D eigenvalue weighted by Crippen LogP contribution is -2.14. The van der Waals surface area contributed by atoms with Crippen molar-refractivity contribution in [2.75, 3.05) is 11.1 Å². The van der Waals surface area contributed by atoms with Crippen LogP contribution in [0.15, 0.2) is 58.2 Å². The maximum atomic E-state index is 13.7. The molecule has 8 nitrogen and oxygen atoms in total. The molecule has 0 unspecified atom stereocenters. The van der Waals surface area contributed by atoms with E-state index in [1.54, 1.807) is 18.2 Å². The highest BCUT2D eigenvalue weighted by Crippen LogP contribution is 2.25. The van der Waals surface area contributed by atoms with Gasteiger partial charge in [-0.25, -0.2) is 4.39 Å². The van der Waals surface area contributed by atoms with Crippen LogP contribution in [0.5, 0.6) is 0 Å². The number of hydrogen-bond acceptors (Lipinski definition) is 7. The molecule has 2 aromatic carbocycles. The van der Waals surface area contributed by atoms with Crippen molar-refractivity contribution in [3.63, 3.8) is 0 Å². The van der Waals surface area contributed by atoms with Crippen LogP contribution in [0.2, 0.25) is 0 Å². The Labute approximate surface area is 150 Å². The van der Waals surface area contributed by atoms with E-state index in [0.29, 0.717) is 5.69 Å². The smallest absolute Gasteiger partial charge is 0.277 e. The highest BCUT2D eigenvalue weighted by atomic mass is 32.2. The van der Waals surface area contributed by atoms with Crippen LogP contribution in [0.4, 0.5) is 15.8 Å². The number of carbonyl (C=O) groups is 1. The number of nitrogens with zero attached hydrogens (tertiary/aromatic N) is 3. The second-order valence-electron chi connectivity index (χ2n) is 5.00. The molecule has 26 heavy (non-hydrogen) atoms. The molecule has 0 saturated carbocycles. The molecule has 1 heterocycles. The van der Waals surface area contributed by atoms with E-state index < -0.39 is 16.6 Å². The minimum atomic E-state index is -0.549. The van der Waals surface area contributed by atoms with E-state index in [4.69, 9.17) is 4.42 Å². The van der Waals surface area contributed by atoms with E-state index >= 15 is 0 Å². The largest absolute Gasteiger partial charge is 0.411 e. The number of nitro groups is 1. The summed E-state index contributed by atoms with van der Waals surface area (Å²) in [4.78, 5) is 22.1. The van der Waals surface area contributed by atoms with Crippen LogP contribution in [0.3, 0.4) is 0 Å². The average molecular weight is 374 g/mol. The van der Waals surface area contributed by atoms with E-state index in [2.05, 4.69) is 15.5 Å². The third-order valence-electron chi connectivity index (χ3n) is 3.18. The molecule has 0 aliphatic carbocycles. The van der Waals surface area contributed by atoms with Crippen molar-refractivity contribution in [2.45, 2.75) is 5.22 Å². The van der Waals surface area contributed by atoms with Crippen LogP contribution in [0.1, 0.15) is 0 Å². The Hall–Kier alpha value is -3.27. The highest BCUT2D eigenvalue weighted by molar-refractivity contribution is 7.99. The summed E-state index contributed by atoms with van der Waals surface area (Å²) in [6, 6.07) is 11.6. The van der Waals surface area contributed by atoms with Crippen LogP contribution >= 0.6 is 11.8 Å². The van der Waals surface area contributed by atoms with Gasteiger partial charge in [0.05, 0.1) is 16.2 Å². The minimum Gasteiger partial charge on any atom is -0.411 e. The first-order valence-electron chi connectivity index (χ1n) is 7.28. The number of nitrogens with one attached hydrogen (secondary N) is 1. The predicted molar refractivity (Wildman–Crippen MR) is 92.1 cm³/mol. The second-order valence-corrected chi connectivity index (χ2v) is 5.92. The van der Waals surface area contributed by atoms with Gasteiger partial charge in [-0.15, -0.1) is 10.2 Å². The molecule has 3 rings (SSSR count). The van der Waals surface area contributed by atoms with Crippen molar-refractivity contribution in [3.05, 3.63) is 64.5 Å². The van der Waals surface area contributed by atoms with E-state index in [0.717, 1.165) is 11.8 Å². The zero-order valence-electron chi connectivity index (χ0n) is 13.1. The Morgan fingerprint density at radius 1 is 1.23 bits per heavy atom. The fourth-order valence-corrected chi connectivity index (χ4v) is 2.60. The topological polar surface area (TPSA) is 111 Å². The third-order valence-corrected chi connectivity index (χ3v) is 4.00. The van der Waals surface area contributed by atoms with Crippen molar-refractivity contribution >= 4 is 29.0 Å². The summed E-state index contributed by atoms with van der Waals surface area (Å²) in [5.74, 6) is -0.927. The molecule has 0 atom stereocenters. The lowest BCUT2D eigenvalue weighted by Gasteiger charge is -2.03. The van der Waals surface area contributed by atoms with Crippen molar-refractivity contribution in [1.29, 1.82) is 0 Å². The quantitative estimate of drug-likeness (QED) is 0.399. The lowest BCUT2D eigenvalue weighted by atomic mass is 10.2. The molecule has 1 N–H and O–H groups in total. The normalized spacial score (nSPS) is 10.5. The Morgan fingerprint density at radius 2 is 2.04 bits per heavy atom. The van der Waals surface area contributed by atoms with E-state index in [1.807, 2.05) is 0 Å². The van der Waals surface area contributed by atoms with Gasteiger partial charge < -0.3 is 9.73 Å². The number of aromatic nitrogens is 2. The Balaban J connectivity index is 1.59. The number of amides is 1. The number of nitro benzene ring substituents is 1. The van der Waals surface area contributed by atoms with Gasteiger partial charge in [-0.3, -0.25) is 14.9 Å². The molecule has 10 heteroatoms. The summed E-state index contributed by atoms with van der Waals surface area (Å²) in [5.41, 5.74) is 0.358. The van der Waals surface area contributed by atoms with Crippen molar-refractivity contribution in [1.82, 2.24) is 10.2 Å². The average Bonchev–Trinajstić information content (AvgIpc) is 3.09. The van der Waals surface area contributed by atoms with Gasteiger partial charge >= 0.3 is 0 Å². The van der Waals surface area contributed by atoms with Crippen molar-refractivity contribution in [2.24, 2.45) is 0 Å². The van der Waals surface area contributed by atoms with Gasteiger partial charge in [0.25, 0.3) is 16.8 Å². The zero-order valence-corrected chi connectivity index (χ0v) is 13.9. The summed E-state index contributed by atoms with van der Waals surface area (Å²) >= 11 is 0.971. The number of benzene rings is 2. The van der Waals surface area contributed by atoms with Crippen LogP contribution < -0.4 is 5.32 Å². The number of anilines is 1. The standard InChI is InChI=1S/C16H11FN4O4S/c17-13-7-2-1-6-12(13)15-19-20-16(25-15)26-9-14(22)18-10-4-3-5-11(8-10)21(23)24/h1-8H,9H2,(H,18,22). The molecule has 0 spiro atoms. The summed E-state index contributed by atoms with van der Waals surface area (Å²) in [7, 11) is 0. The van der Waals surface area contributed by atoms with E-state index in [1.165, 1.54) is 30.3 Å². The Morgan fingerprint density at radius 3 is 2.81 bits per heavy atom. The second kappa shape index (κ2) is 7.74. The van der Waals surface area contributed by atoms with Gasteiger partial charge in [0.2, 0.25) is 5.91 Å². The fourth-order valence-electron chi connectivity index (χ4n) is 2.03. The van der Waals surface area contributed by atoms with Crippen LogP contribution in [0.25, 0.3) is 11.5 Å². The molecule has 1 amide bonds. The van der Waals surface area contributed by atoms with E-state index in [-0.39, 0.29) is 28.1 Å². The molecule has 0 aliphatic rings. The molecule has 0 bridgehead atoms. The first-order chi connectivity index (χ1) is 12.5. The van der Waals surface area contributed by atoms with Gasteiger partial charge in [0, 0.05) is 17.8 Å². The zero-order chi connectivity index (χ0) is 18.5. The number of hydrogen-bond donors (Lipinski definition) is 1. The molecular weight excluding hydrogens is 363 g/mol. The van der Waals surface area contributed by atoms with Gasteiger partial charge in [-0.05, 0) is 18.2 Å². The van der Waals surface area contributed by atoms with Crippen molar-refractivity contribution in [3.8, 4) is 11.5 Å². The first-order valence-corrected chi connectivity index (χ1v) is 8.27. The summed E-state index contributed by atoms with van der Waals surface area (Å²) < 4.78 is 19.0. The summed E-state index contributed by atoms with van der Waals surface area (Å²) in [6.45, 7) is 0. The number of halogens is 1. The SMILES string of the molecule is O=C(CSc1nnc(-c2ccccc2F)o1)Nc1cccc([N+](=O)[O-])c1. The van der Waals surface area contributed by atoms with E-state index in [9.17, 15) is 19.3 Å². The van der Waals surface area contributed by atoms with Gasteiger partial charge in [-0.2, -0.15) is 0 Å². The molecule has 3 aromatic rings. The molecule has 0 aliphatic heterocycles. The van der Waals surface area contributed by atoms with Gasteiger partial charge in [-0.1, -0.05) is 30.0 Å². The van der Waals surface area contributed by atoms with Crippen LogP contribution in [0, 0.1) is 15.9 Å². The van der Waals surface area contributed by atoms with Gasteiger partial charge in [0.15, 0.2) is 0 Å². The number of thioether (sulfide) groups is 1. The molecule has 132 valence electrons. The van der Waals surface area contributed by atoms with Gasteiger partial charge in [0.1, 0.15) is 5.82 Å². The number of non-ortho nitro benzene ring substituents is 1. The predicted octanol–water partition coefficient (Wildman–Crippen LogP) is 3.51. The number of rotatable bonds is 6. The molecule has 0 radical (unpaired) electrons. The molecule has 0 fully saturated rings. The lowest BCUT2D eigenvalue weighted by molar-refractivity contribution is -0.384. The Kier molecular flexibility index (Phi) is 5.23. The van der Waals surface area contributed by atoms with Crippen LogP contribution in [-0.4, -0.2) is 26.8 Å². The maximum absolute atomic E-state index is 13.7. The highest BCUT2D eigenvalue weighted by Gasteiger charge is 2.14. The molecule has 1 aromatic heterocycles. The fraction of sp³-hybridized carbons (Fsp3) is 0.0625. The summed E-state index contributed by atoms with van der Waals surface area (Å²) in [5, 5.41) is 20.9. The van der Waals surface area contributed by atoms with Crippen LogP contribution in [-0.2, 0) is 4.79 Å². The number of carbonyl (C=O) groups excluding carboxylic acids is 1. The first kappa shape index (κ1) is 17.5. The summed E-state index contributed by atoms with van der Waals surface area (Å²) in [6.07, 6.45) is 0. The third kappa shape index (κ3) is 4.22.